The summed E-state index contributed by atoms with van der Waals surface area (Å²) in [4.78, 5) is 5.96. The van der Waals surface area contributed by atoms with E-state index in [1.807, 2.05) is 18.2 Å². The molecule has 2 aliphatic rings. The van der Waals surface area contributed by atoms with E-state index in [4.69, 9.17) is 30.8 Å². The van der Waals surface area contributed by atoms with Gasteiger partial charge in [0.25, 0.3) is 0 Å². The highest BCUT2D eigenvalue weighted by molar-refractivity contribution is 7.99. The smallest absolute Gasteiger partial charge is 0.216 e. The first-order valence-corrected chi connectivity index (χ1v) is 17.1. The van der Waals surface area contributed by atoms with Crippen LogP contribution in [0.3, 0.4) is 0 Å². The summed E-state index contributed by atoms with van der Waals surface area (Å²) in [6.45, 7) is 2.28. The van der Waals surface area contributed by atoms with E-state index in [0.29, 0.717) is 10.9 Å². The van der Waals surface area contributed by atoms with Crippen molar-refractivity contribution in [2.24, 2.45) is 5.92 Å². The Hall–Kier alpha value is -3.13. The Morgan fingerprint density at radius 2 is 1.69 bits per heavy atom. The fraction of sp³-hybridized carbons (Fsp3) is 0.342. The number of benzene rings is 3. The second kappa shape index (κ2) is 14.5. The number of rotatable bonds is 11. The van der Waals surface area contributed by atoms with Crippen LogP contribution in [-0.4, -0.2) is 35.3 Å². The number of hydrogen-bond acceptors (Lipinski definition) is 6. The molecule has 0 bridgehead atoms. The number of aliphatic hydroxyl groups is 1. The zero-order chi connectivity index (χ0) is 31.2. The normalized spacial score (nSPS) is 21.0. The third-order valence-corrected chi connectivity index (χ3v) is 10.3. The number of nitrogens with zero attached hydrogens (tertiary/aromatic N) is 1. The van der Waals surface area contributed by atoms with Crippen LogP contribution in [0.15, 0.2) is 102 Å². The lowest BCUT2D eigenvalue weighted by atomic mass is 9.95. The first kappa shape index (κ1) is 31.8. The van der Waals surface area contributed by atoms with Gasteiger partial charge in [0, 0.05) is 41.2 Å². The topological polar surface area (TPSA) is 60.8 Å². The van der Waals surface area contributed by atoms with Crippen molar-refractivity contribution in [1.29, 1.82) is 0 Å². The summed E-state index contributed by atoms with van der Waals surface area (Å²) in [5.41, 5.74) is 6.19. The molecule has 0 unspecified atom stereocenters. The molecule has 2 heterocycles. The maximum atomic E-state index is 9.20. The van der Waals surface area contributed by atoms with Gasteiger partial charge in [0.2, 0.25) is 5.88 Å². The van der Waals surface area contributed by atoms with E-state index in [9.17, 15) is 5.11 Å². The summed E-state index contributed by atoms with van der Waals surface area (Å²) in [6.07, 6.45) is 6.01. The maximum absolute atomic E-state index is 9.20. The number of allylic oxidation sites excluding steroid dienone is 1. The van der Waals surface area contributed by atoms with Crippen molar-refractivity contribution in [1.82, 2.24) is 4.98 Å². The highest BCUT2D eigenvalue weighted by Gasteiger charge is 2.52. The van der Waals surface area contributed by atoms with Gasteiger partial charge in [0.1, 0.15) is 12.2 Å². The summed E-state index contributed by atoms with van der Waals surface area (Å²) in [5, 5.41) is 9.90. The molecule has 234 valence electrons. The van der Waals surface area contributed by atoms with E-state index in [1.54, 1.807) is 18.9 Å². The standard InChI is InChI=1S/C38H40ClNO4S/c1-3-27-15-17-33(40-37(27)42-2)31(30-16-18-34(32(39)24-30)45-22-10-21-41)23-26-19-20-38(25-26)43-35(28-11-6-4-7-12-28)36(44-38)29-13-8-5-9-14-29/h4-9,11-18,23-24,26,35-36,41H,3,10,19-22,25H2,1-2H3/b31-23+/t26-,35-,36-/m1/s1. The summed E-state index contributed by atoms with van der Waals surface area (Å²) in [5.74, 6) is 0.995. The molecule has 3 atom stereocenters. The summed E-state index contributed by atoms with van der Waals surface area (Å²) in [7, 11) is 1.67. The Morgan fingerprint density at radius 3 is 2.29 bits per heavy atom. The van der Waals surface area contributed by atoms with Gasteiger partial charge in [-0.25, -0.2) is 4.98 Å². The molecule has 1 N–H and O–H groups in total. The first-order valence-electron chi connectivity index (χ1n) is 15.8. The van der Waals surface area contributed by atoms with Crippen molar-refractivity contribution in [2.75, 3.05) is 19.5 Å². The Balaban J connectivity index is 1.33. The lowest BCUT2D eigenvalue weighted by Gasteiger charge is -2.23. The van der Waals surface area contributed by atoms with Gasteiger partial charge in [-0.2, -0.15) is 0 Å². The zero-order valence-corrected chi connectivity index (χ0v) is 27.4. The van der Waals surface area contributed by atoms with Crippen LogP contribution in [0.4, 0.5) is 0 Å². The lowest BCUT2D eigenvalue weighted by molar-refractivity contribution is -0.171. The van der Waals surface area contributed by atoms with E-state index < -0.39 is 5.79 Å². The number of hydrogen-bond donors (Lipinski definition) is 1. The Labute approximate surface area is 275 Å². The molecule has 1 aliphatic carbocycles. The molecule has 3 aromatic carbocycles. The molecule has 7 heteroatoms. The minimum absolute atomic E-state index is 0.172. The predicted octanol–water partition coefficient (Wildman–Crippen LogP) is 9.24. The molecular formula is C38H40ClNO4S. The van der Waals surface area contributed by atoms with Crippen molar-refractivity contribution < 1.29 is 19.3 Å². The number of aliphatic hydroxyl groups excluding tert-OH is 1. The number of pyridine rings is 1. The van der Waals surface area contributed by atoms with E-state index in [-0.39, 0.29) is 24.7 Å². The number of methoxy groups -OCH3 is 1. The second-order valence-corrected chi connectivity index (χ2v) is 13.2. The molecule has 6 rings (SSSR count). The SMILES string of the molecule is CCc1ccc(/C(=C/[C@H]2CCC3(C2)O[C@H](c2ccccc2)[C@@H](c2ccccc2)O3)c2ccc(SCCCO)c(Cl)c2)nc1OC. The molecule has 5 nitrogen and oxygen atoms in total. The van der Waals surface area contributed by atoms with Crippen molar-refractivity contribution in [3.63, 3.8) is 0 Å². The molecule has 1 spiro atoms. The third kappa shape index (κ3) is 7.16. The molecule has 1 saturated heterocycles. The molecule has 2 fully saturated rings. The van der Waals surface area contributed by atoms with Crippen molar-refractivity contribution >= 4 is 28.9 Å². The molecule has 4 aromatic rings. The average molecular weight is 642 g/mol. The van der Waals surface area contributed by atoms with Crippen LogP contribution in [0, 0.1) is 5.92 Å². The number of ether oxygens (including phenoxy) is 3. The average Bonchev–Trinajstić information content (AvgIpc) is 3.67. The van der Waals surface area contributed by atoms with E-state index in [0.717, 1.165) is 76.3 Å². The molecule has 45 heavy (non-hydrogen) atoms. The molecule has 0 amide bonds. The Morgan fingerprint density at radius 1 is 1.00 bits per heavy atom. The highest BCUT2D eigenvalue weighted by atomic mass is 35.5. The summed E-state index contributed by atoms with van der Waals surface area (Å²) < 4.78 is 19.5. The van der Waals surface area contributed by atoms with Gasteiger partial charge in [-0.1, -0.05) is 97.4 Å². The van der Waals surface area contributed by atoms with Crippen molar-refractivity contribution in [2.45, 2.75) is 61.9 Å². The van der Waals surface area contributed by atoms with Crippen LogP contribution in [-0.2, 0) is 15.9 Å². The van der Waals surface area contributed by atoms with Gasteiger partial charge in [-0.3, -0.25) is 0 Å². The summed E-state index contributed by atoms with van der Waals surface area (Å²) >= 11 is 8.48. The van der Waals surface area contributed by atoms with Gasteiger partial charge >= 0.3 is 0 Å². The maximum Gasteiger partial charge on any atom is 0.216 e. The van der Waals surface area contributed by atoms with E-state index in [1.165, 1.54) is 0 Å². The first-order chi connectivity index (χ1) is 22.0. The minimum atomic E-state index is -0.671. The van der Waals surface area contributed by atoms with Crippen LogP contribution >= 0.6 is 23.4 Å². The molecule has 1 aliphatic heterocycles. The van der Waals surface area contributed by atoms with Crippen molar-refractivity contribution in [3.8, 4) is 5.88 Å². The Bertz CT molecular complexity index is 1570. The lowest BCUT2D eigenvalue weighted by Crippen LogP contribution is -2.26. The van der Waals surface area contributed by atoms with Crippen molar-refractivity contribution in [3.05, 3.63) is 130 Å². The van der Waals surface area contributed by atoms with Gasteiger partial charge in [0.15, 0.2) is 5.79 Å². The van der Waals surface area contributed by atoms with Crippen LogP contribution in [0.5, 0.6) is 5.88 Å². The van der Waals surface area contributed by atoms with E-state index >= 15 is 0 Å². The highest BCUT2D eigenvalue weighted by Crippen LogP contribution is 2.54. The van der Waals surface area contributed by atoms with Crippen LogP contribution in [0.1, 0.15) is 72.8 Å². The third-order valence-electron chi connectivity index (χ3n) is 8.68. The monoisotopic (exact) mass is 641 g/mol. The second-order valence-electron chi connectivity index (χ2n) is 11.7. The minimum Gasteiger partial charge on any atom is -0.481 e. The molecule has 1 aromatic heterocycles. The number of thioether (sulfide) groups is 1. The largest absolute Gasteiger partial charge is 0.481 e. The van der Waals surface area contributed by atoms with Gasteiger partial charge in [-0.15, -0.1) is 11.8 Å². The fourth-order valence-electron chi connectivity index (χ4n) is 6.41. The zero-order valence-electron chi connectivity index (χ0n) is 25.8. The van der Waals surface area contributed by atoms with Crippen LogP contribution in [0.25, 0.3) is 5.57 Å². The van der Waals surface area contributed by atoms with Gasteiger partial charge in [-0.05, 0) is 60.1 Å². The van der Waals surface area contributed by atoms with Gasteiger partial charge in [0.05, 0.1) is 17.8 Å². The molecule has 0 radical (unpaired) electrons. The predicted molar refractivity (Wildman–Crippen MR) is 182 cm³/mol. The molecule has 1 saturated carbocycles. The van der Waals surface area contributed by atoms with Gasteiger partial charge < -0.3 is 19.3 Å². The quantitative estimate of drug-likeness (QED) is 0.130. The number of halogens is 1. The Kier molecular flexibility index (Phi) is 10.3. The summed E-state index contributed by atoms with van der Waals surface area (Å²) in [6, 6.07) is 31.2. The van der Waals surface area contributed by atoms with Crippen LogP contribution < -0.4 is 4.74 Å². The number of aryl methyl sites for hydroxylation is 1. The molecular weight excluding hydrogens is 602 g/mol. The number of aromatic nitrogens is 1. The fourth-order valence-corrected chi connectivity index (χ4v) is 7.61. The van der Waals surface area contributed by atoms with E-state index in [2.05, 4.69) is 85.8 Å². The van der Waals surface area contributed by atoms with Crippen LogP contribution in [0.2, 0.25) is 5.02 Å².